The molecule has 1 aromatic carbocycles. The summed E-state index contributed by atoms with van der Waals surface area (Å²) in [6.07, 6.45) is 4.12. The molecule has 2 heterocycles. The Hall–Kier alpha value is -2.11. The van der Waals surface area contributed by atoms with Gasteiger partial charge in [-0.25, -0.2) is 4.98 Å². The van der Waals surface area contributed by atoms with Crippen molar-refractivity contribution in [3.63, 3.8) is 0 Å². The molecule has 3 aromatic rings. The van der Waals surface area contributed by atoms with Crippen molar-refractivity contribution >= 4 is 34.8 Å². The Morgan fingerprint density at radius 3 is 2.59 bits per heavy atom. The summed E-state index contributed by atoms with van der Waals surface area (Å²) in [5, 5.41) is 7.21. The molecule has 0 aliphatic rings. The highest BCUT2D eigenvalue weighted by Gasteiger charge is 2.08. The van der Waals surface area contributed by atoms with Gasteiger partial charge in [0.1, 0.15) is 5.01 Å². The van der Waals surface area contributed by atoms with Crippen molar-refractivity contribution in [1.82, 2.24) is 4.98 Å². The van der Waals surface area contributed by atoms with Gasteiger partial charge in [0.05, 0.1) is 19.9 Å². The first-order valence-corrected chi connectivity index (χ1v) is 8.50. The van der Waals surface area contributed by atoms with Crippen molar-refractivity contribution < 1.29 is 9.47 Å². The lowest BCUT2D eigenvalue weighted by atomic mass is 10.1. The van der Waals surface area contributed by atoms with E-state index in [1.54, 1.807) is 36.9 Å². The van der Waals surface area contributed by atoms with E-state index < -0.39 is 0 Å². The standard InChI is InChI=1S/C17H15NO2S2/c1-19-15-5-4-13(9-16(15)20-2)14-11-22-17(18-14)6-3-12-7-8-21-10-12/h3-11H,1-2H3/b6-3+. The number of thiazole rings is 1. The molecular weight excluding hydrogens is 314 g/mol. The van der Waals surface area contributed by atoms with Crippen LogP contribution < -0.4 is 9.47 Å². The van der Waals surface area contributed by atoms with Crippen molar-refractivity contribution in [2.24, 2.45) is 0 Å². The Bertz CT molecular complexity index is 776. The highest BCUT2D eigenvalue weighted by atomic mass is 32.1. The van der Waals surface area contributed by atoms with Crippen LogP contribution in [0.25, 0.3) is 23.4 Å². The Balaban J connectivity index is 1.84. The third kappa shape index (κ3) is 3.21. The number of rotatable bonds is 5. The van der Waals surface area contributed by atoms with E-state index in [9.17, 15) is 0 Å². The Morgan fingerprint density at radius 2 is 1.86 bits per heavy atom. The summed E-state index contributed by atoms with van der Waals surface area (Å²) in [5.41, 5.74) is 3.16. The van der Waals surface area contributed by atoms with Crippen molar-refractivity contribution in [3.05, 3.63) is 51.0 Å². The second-order valence-corrected chi connectivity index (χ2v) is 6.20. The van der Waals surface area contributed by atoms with Crippen molar-refractivity contribution in [2.45, 2.75) is 0 Å². The second kappa shape index (κ2) is 6.77. The van der Waals surface area contributed by atoms with E-state index in [0.29, 0.717) is 5.75 Å². The number of ether oxygens (including phenoxy) is 2. The van der Waals surface area contributed by atoms with E-state index in [4.69, 9.17) is 9.47 Å². The molecule has 0 radical (unpaired) electrons. The third-order valence-electron chi connectivity index (χ3n) is 3.16. The van der Waals surface area contributed by atoms with Crippen molar-refractivity contribution in [3.8, 4) is 22.8 Å². The summed E-state index contributed by atoms with van der Waals surface area (Å²) in [6.45, 7) is 0. The maximum atomic E-state index is 5.34. The molecule has 5 heteroatoms. The normalized spacial score (nSPS) is 11.0. The van der Waals surface area contributed by atoms with Gasteiger partial charge in [-0.15, -0.1) is 11.3 Å². The fourth-order valence-electron chi connectivity index (χ4n) is 2.03. The zero-order valence-electron chi connectivity index (χ0n) is 12.3. The lowest BCUT2D eigenvalue weighted by Gasteiger charge is -2.08. The predicted octanol–water partition coefficient (Wildman–Crippen LogP) is 5.06. The quantitative estimate of drug-likeness (QED) is 0.655. The van der Waals surface area contributed by atoms with E-state index in [1.807, 2.05) is 24.3 Å². The number of benzene rings is 1. The van der Waals surface area contributed by atoms with Gasteiger partial charge in [-0.3, -0.25) is 0 Å². The van der Waals surface area contributed by atoms with E-state index in [0.717, 1.165) is 22.0 Å². The van der Waals surface area contributed by atoms with Gasteiger partial charge < -0.3 is 9.47 Å². The van der Waals surface area contributed by atoms with Crippen molar-refractivity contribution in [1.29, 1.82) is 0 Å². The molecular formula is C17H15NO2S2. The van der Waals surface area contributed by atoms with E-state index in [1.165, 1.54) is 5.56 Å². The van der Waals surface area contributed by atoms with Crippen LogP contribution in [0, 0.1) is 0 Å². The molecule has 0 bridgehead atoms. The lowest BCUT2D eigenvalue weighted by molar-refractivity contribution is 0.355. The molecule has 0 aliphatic carbocycles. The summed E-state index contributed by atoms with van der Waals surface area (Å²) in [6, 6.07) is 7.92. The van der Waals surface area contributed by atoms with Gasteiger partial charge in [0.2, 0.25) is 0 Å². The zero-order valence-corrected chi connectivity index (χ0v) is 13.9. The van der Waals surface area contributed by atoms with Gasteiger partial charge >= 0.3 is 0 Å². The predicted molar refractivity (Wildman–Crippen MR) is 93.9 cm³/mol. The van der Waals surface area contributed by atoms with Gasteiger partial charge in [0.15, 0.2) is 11.5 Å². The molecule has 3 rings (SSSR count). The van der Waals surface area contributed by atoms with Gasteiger partial charge in [-0.05, 0) is 46.7 Å². The summed E-state index contributed by atoms with van der Waals surface area (Å²) in [4.78, 5) is 4.65. The fraction of sp³-hybridized carbons (Fsp3) is 0.118. The highest BCUT2D eigenvalue weighted by molar-refractivity contribution is 7.11. The van der Waals surface area contributed by atoms with Crippen LogP contribution in [0.4, 0.5) is 0 Å². The van der Waals surface area contributed by atoms with Crippen LogP contribution in [-0.2, 0) is 0 Å². The van der Waals surface area contributed by atoms with Gasteiger partial charge in [-0.1, -0.05) is 6.08 Å². The monoisotopic (exact) mass is 329 g/mol. The van der Waals surface area contributed by atoms with Crippen LogP contribution in [-0.4, -0.2) is 19.2 Å². The van der Waals surface area contributed by atoms with Crippen LogP contribution in [0.15, 0.2) is 40.4 Å². The molecule has 22 heavy (non-hydrogen) atoms. The minimum atomic E-state index is 0.711. The molecule has 0 amide bonds. The molecule has 2 aromatic heterocycles. The summed E-state index contributed by atoms with van der Waals surface area (Å²) >= 11 is 3.31. The fourth-order valence-corrected chi connectivity index (χ4v) is 3.38. The van der Waals surface area contributed by atoms with E-state index >= 15 is 0 Å². The smallest absolute Gasteiger partial charge is 0.161 e. The number of hydrogen-bond donors (Lipinski definition) is 0. The maximum absolute atomic E-state index is 5.34. The molecule has 0 atom stereocenters. The van der Waals surface area contributed by atoms with Crippen molar-refractivity contribution in [2.75, 3.05) is 14.2 Å². The molecule has 0 aliphatic heterocycles. The van der Waals surface area contributed by atoms with Crippen LogP contribution >= 0.6 is 22.7 Å². The lowest BCUT2D eigenvalue weighted by Crippen LogP contribution is -1.90. The number of nitrogens with zero attached hydrogens (tertiary/aromatic N) is 1. The first-order valence-electron chi connectivity index (χ1n) is 6.68. The molecule has 0 fully saturated rings. The molecule has 0 N–H and O–H groups in total. The molecule has 112 valence electrons. The average Bonchev–Trinajstić information content (AvgIpc) is 3.23. The Morgan fingerprint density at radius 1 is 1.00 bits per heavy atom. The summed E-state index contributed by atoms with van der Waals surface area (Å²) in [5.74, 6) is 1.43. The molecule has 0 saturated heterocycles. The molecule has 0 saturated carbocycles. The molecule has 0 unspecified atom stereocenters. The number of hydrogen-bond acceptors (Lipinski definition) is 5. The Labute approximate surface area is 137 Å². The third-order valence-corrected chi connectivity index (χ3v) is 4.67. The van der Waals surface area contributed by atoms with Crippen LogP contribution in [0.1, 0.15) is 10.6 Å². The van der Waals surface area contributed by atoms with Gasteiger partial charge in [0, 0.05) is 10.9 Å². The first kappa shape index (κ1) is 14.8. The zero-order chi connectivity index (χ0) is 15.4. The SMILES string of the molecule is COc1ccc(-c2csc(/C=C/c3ccsc3)n2)cc1OC. The minimum absolute atomic E-state index is 0.711. The maximum Gasteiger partial charge on any atom is 0.161 e. The van der Waals surface area contributed by atoms with Gasteiger partial charge in [0.25, 0.3) is 0 Å². The van der Waals surface area contributed by atoms with Crippen LogP contribution in [0.2, 0.25) is 0 Å². The number of thiophene rings is 1. The minimum Gasteiger partial charge on any atom is -0.493 e. The molecule has 3 nitrogen and oxygen atoms in total. The second-order valence-electron chi connectivity index (χ2n) is 4.53. The van der Waals surface area contributed by atoms with Crippen LogP contribution in [0.3, 0.4) is 0 Å². The van der Waals surface area contributed by atoms with Gasteiger partial charge in [-0.2, -0.15) is 11.3 Å². The van der Waals surface area contributed by atoms with E-state index in [-0.39, 0.29) is 0 Å². The summed E-state index contributed by atoms with van der Waals surface area (Å²) in [7, 11) is 3.27. The number of aromatic nitrogens is 1. The van der Waals surface area contributed by atoms with E-state index in [2.05, 4.69) is 33.3 Å². The Kier molecular flexibility index (Phi) is 4.56. The largest absolute Gasteiger partial charge is 0.493 e. The summed E-state index contributed by atoms with van der Waals surface area (Å²) < 4.78 is 10.6. The average molecular weight is 329 g/mol. The molecule has 0 spiro atoms. The topological polar surface area (TPSA) is 31.4 Å². The first-order chi connectivity index (χ1) is 10.8. The number of methoxy groups -OCH3 is 2. The highest BCUT2D eigenvalue weighted by Crippen LogP contribution is 2.32. The van der Waals surface area contributed by atoms with Crippen LogP contribution in [0.5, 0.6) is 11.5 Å².